The van der Waals surface area contributed by atoms with Crippen molar-refractivity contribution in [2.45, 2.75) is 31.7 Å². The van der Waals surface area contributed by atoms with Crippen LogP contribution in [0.1, 0.15) is 25.7 Å². The van der Waals surface area contributed by atoms with Crippen LogP contribution in [0, 0.1) is 0 Å². The van der Waals surface area contributed by atoms with E-state index >= 15 is 0 Å². The number of hydrogen-bond acceptors (Lipinski definition) is 3. The van der Waals surface area contributed by atoms with Gasteiger partial charge in [-0.15, -0.1) is 0 Å². The molecule has 2 amide bonds. The molecule has 3 N–H and O–H groups in total. The molecule has 0 saturated carbocycles. The van der Waals surface area contributed by atoms with Gasteiger partial charge in [0.15, 0.2) is 0 Å². The number of nitrogens with one attached hydrogen (secondary N) is 2. The van der Waals surface area contributed by atoms with Gasteiger partial charge in [-0.2, -0.15) is 0 Å². The molecular weight excluding hydrogens is 212 g/mol. The topological polar surface area (TPSA) is 87.7 Å². The lowest BCUT2D eigenvalue weighted by atomic mass is 10.1. The van der Waals surface area contributed by atoms with E-state index < -0.39 is 5.97 Å². The van der Waals surface area contributed by atoms with Gasteiger partial charge in [-0.3, -0.25) is 4.79 Å². The van der Waals surface area contributed by atoms with Crippen LogP contribution in [-0.2, 0) is 9.53 Å². The predicted octanol–water partition coefficient (Wildman–Crippen LogP) is 0.329. The first-order chi connectivity index (χ1) is 7.68. The minimum absolute atomic E-state index is 0.0762. The van der Waals surface area contributed by atoms with Gasteiger partial charge in [0, 0.05) is 19.6 Å². The van der Waals surface area contributed by atoms with E-state index in [0.29, 0.717) is 19.6 Å². The first-order valence-corrected chi connectivity index (χ1v) is 5.52. The number of rotatable bonds is 5. The van der Waals surface area contributed by atoms with Crippen molar-refractivity contribution in [1.29, 1.82) is 0 Å². The third kappa shape index (κ3) is 5.55. The molecule has 0 aromatic rings. The summed E-state index contributed by atoms with van der Waals surface area (Å²) in [7, 11) is 0. The maximum atomic E-state index is 11.3. The predicted molar refractivity (Wildman–Crippen MR) is 57.2 cm³/mol. The summed E-state index contributed by atoms with van der Waals surface area (Å²) in [5, 5.41) is 13.8. The van der Waals surface area contributed by atoms with Gasteiger partial charge in [0.2, 0.25) is 0 Å². The van der Waals surface area contributed by atoms with Crippen molar-refractivity contribution in [2.75, 3.05) is 19.8 Å². The van der Waals surface area contributed by atoms with Crippen molar-refractivity contribution < 1.29 is 19.4 Å². The highest BCUT2D eigenvalue weighted by molar-refractivity contribution is 5.74. The molecule has 1 heterocycles. The summed E-state index contributed by atoms with van der Waals surface area (Å²) in [5.74, 6) is -0.845. The summed E-state index contributed by atoms with van der Waals surface area (Å²) >= 11 is 0. The molecule has 16 heavy (non-hydrogen) atoms. The van der Waals surface area contributed by atoms with Gasteiger partial charge in [-0.25, -0.2) is 4.79 Å². The van der Waals surface area contributed by atoms with Crippen LogP contribution in [0.3, 0.4) is 0 Å². The number of hydrogen-bond donors (Lipinski definition) is 3. The second-order valence-corrected chi connectivity index (χ2v) is 3.81. The van der Waals surface area contributed by atoms with Gasteiger partial charge >= 0.3 is 12.0 Å². The lowest BCUT2D eigenvalue weighted by molar-refractivity contribution is -0.137. The Morgan fingerprint density at radius 3 is 2.88 bits per heavy atom. The largest absolute Gasteiger partial charge is 0.481 e. The fourth-order valence-electron chi connectivity index (χ4n) is 1.53. The average Bonchev–Trinajstić information content (AvgIpc) is 2.25. The Morgan fingerprint density at radius 1 is 1.44 bits per heavy atom. The monoisotopic (exact) mass is 230 g/mol. The van der Waals surface area contributed by atoms with Gasteiger partial charge in [-0.1, -0.05) is 0 Å². The molecule has 1 unspecified atom stereocenters. The molecule has 0 aromatic heterocycles. The van der Waals surface area contributed by atoms with Crippen molar-refractivity contribution in [3.63, 3.8) is 0 Å². The number of carboxylic acids is 1. The highest BCUT2D eigenvalue weighted by atomic mass is 16.5. The highest BCUT2D eigenvalue weighted by Gasteiger charge is 2.15. The quantitative estimate of drug-likeness (QED) is 0.594. The smallest absolute Gasteiger partial charge is 0.315 e. The van der Waals surface area contributed by atoms with Gasteiger partial charge in [-0.05, 0) is 19.3 Å². The van der Waals surface area contributed by atoms with Crippen LogP contribution in [-0.4, -0.2) is 42.9 Å². The summed E-state index contributed by atoms with van der Waals surface area (Å²) in [6.45, 7) is 1.70. The number of amides is 2. The van der Waals surface area contributed by atoms with Crippen LogP contribution in [0.4, 0.5) is 4.79 Å². The van der Waals surface area contributed by atoms with E-state index in [1.807, 2.05) is 0 Å². The highest BCUT2D eigenvalue weighted by Crippen LogP contribution is 2.05. The Balaban J connectivity index is 2.03. The molecular formula is C10H18N2O4. The van der Waals surface area contributed by atoms with E-state index in [4.69, 9.17) is 9.84 Å². The fourth-order valence-corrected chi connectivity index (χ4v) is 1.53. The number of carboxylic acid groups (broad SMARTS) is 1. The van der Waals surface area contributed by atoms with Crippen LogP contribution in [0.2, 0.25) is 0 Å². The second-order valence-electron chi connectivity index (χ2n) is 3.81. The van der Waals surface area contributed by atoms with Crippen LogP contribution in [0.15, 0.2) is 0 Å². The Hall–Kier alpha value is -1.30. The zero-order chi connectivity index (χ0) is 11.8. The molecule has 1 aliphatic heterocycles. The summed E-state index contributed by atoms with van der Waals surface area (Å²) in [4.78, 5) is 21.5. The molecule has 0 aromatic carbocycles. The number of ether oxygens (including phenoxy) is 1. The Bertz CT molecular complexity index is 239. The van der Waals surface area contributed by atoms with Gasteiger partial charge in [0.25, 0.3) is 0 Å². The minimum Gasteiger partial charge on any atom is -0.481 e. The van der Waals surface area contributed by atoms with Gasteiger partial charge in [0.05, 0.1) is 12.6 Å². The Morgan fingerprint density at radius 2 is 2.25 bits per heavy atom. The zero-order valence-electron chi connectivity index (χ0n) is 9.20. The molecule has 1 aliphatic rings. The molecule has 1 fully saturated rings. The van der Waals surface area contributed by atoms with Crippen LogP contribution >= 0.6 is 0 Å². The molecule has 1 saturated heterocycles. The molecule has 6 heteroatoms. The Labute approximate surface area is 94.3 Å². The molecule has 0 aliphatic carbocycles. The number of urea groups is 1. The van der Waals surface area contributed by atoms with Crippen molar-refractivity contribution in [3.05, 3.63) is 0 Å². The van der Waals surface area contributed by atoms with Gasteiger partial charge in [0.1, 0.15) is 0 Å². The molecule has 92 valence electrons. The lowest BCUT2D eigenvalue weighted by Gasteiger charge is -2.23. The first-order valence-electron chi connectivity index (χ1n) is 5.52. The van der Waals surface area contributed by atoms with Crippen LogP contribution < -0.4 is 10.6 Å². The van der Waals surface area contributed by atoms with E-state index in [2.05, 4.69) is 10.6 Å². The van der Waals surface area contributed by atoms with Crippen molar-refractivity contribution in [1.82, 2.24) is 10.6 Å². The summed E-state index contributed by atoms with van der Waals surface area (Å²) < 4.78 is 5.22. The second kappa shape index (κ2) is 7.05. The number of carbonyl (C=O) groups excluding carboxylic acids is 1. The third-order valence-corrected chi connectivity index (χ3v) is 2.35. The summed E-state index contributed by atoms with van der Waals surface area (Å²) in [6.07, 6.45) is 2.42. The number of aliphatic carboxylic acids is 1. The third-order valence-electron chi connectivity index (χ3n) is 2.35. The molecule has 0 spiro atoms. The molecule has 6 nitrogen and oxygen atoms in total. The van der Waals surface area contributed by atoms with E-state index in [0.717, 1.165) is 19.4 Å². The van der Waals surface area contributed by atoms with Crippen molar-refractivity contribution >= 4 is 12.0 Å². The average molecular weight is 230 g/mol. The van der Waals surface area contributed by atoms with Crippen molar-refractivity contribution in [2.24, 2.45) is 0 Å². The molecule has 1 atom stereocenters. The molecule has 0 radical (unpaired) electrons. The van der Waals surface area contributed by atoms with E-state index in [1.165, 1.54) is 0 Å². The maximum Gasteiger partial charge on any atom is 0.315 e. The minimum atomic E-state index is -0.845. The van der Waals surface area contributed by atoms with Crippen LogP contribution in [0.5, 0.6) is 0 Å². The SMILES string of the molecule is O=C(O)CCCNC(=O)NC1CCCOC1. The van der Waals surface area contributed by atoms with E-state index in [9.17, 15) is 9.59 Å². The number of carbonyl (C=O) groups is 2. The molecule has 0 bridgehead atoms. The Kier molecular flexibility index (Phi) is 5.63. The zero-order valence-corrected chi connectivity index (χ0v) is 9.20. The molecule has 1 rings (SSSR count). The standard InChI is InChI=1S/C10H18N2O4/c13-9(14)4-1-5-11-10(15)12-8-3-2-6-16-7-8/h8H,1-7H2,(H,13,14)(H2,11,12,15). The van der Waals surface area contributed by atoms with E-state index in [1.54, 1.807) is 0 Å². The summed E-state index contributed by atoms with van der Waals surface area (Å²) in [5.41, 5.74) is 0. The first kappa shape index (κ1) is 12.8. The van der Waals surface area contributed by atoms with E-state index in [-0.39, 0.29) is 18.5 Å². The van der Waals surface area contributed by atoms with Crippen molar-refractivity contribution in [3.8, 4) is 0 Å². The van der Waals surface area contributed by atoms with Crippen LogP contribution in [0.25, 0.3) is 0 Å². The summed E-state index contributed by atoms with van der Waals surface area (Å²) in [6, 6.07) is -0.172. The normalized spacial score (nSPS) is 20.1. The van der Waals surface area contributed by atoms with Gasteiger partial charge < -0.3 is 20.5 Å². The fraction of sp³-hybridized carbons (Fsp3) is 0.800. The maximum absolute atomic E-state index is 11.3. The lowest BCUT2D eigenvalue weighted by Crippen LogP contribution is -2.45.